The fourth-order valence-corrected chi connectivity index (χ4v) is 4.14. The molecule has 0 saturated heterocycles. The molecule has 1 atom stereocenters. The van der Waals surface area contributed by atoms with E-state index in [0.717, 1.165) is 41.8 Å². The minimum Gasteiger partial charge on any atom is -0.478 e. The number of aryl methyl sites for hydroxylation is 1. The third-order valence-corrected chi connectivity index (χ3v) is 6.03. The van der Waals surface area contributed by atoms with Crippen molar-refractivity contribution >= 4 is 12.0 Å². The van der Waals surface area contributed by atoms with E-state index in [-0.39, 0.29) is 0 Å². The lowest BCUT2D eigenvalue weighted by molar-refractivity contribution is -0.131. The van der Waals surface area contributed by atoms with E-state index in [2.05, 4.69) is 36.8 Å². The van der Waals surface area contributed by atoms with Crippen LogP contribution in [0, 0.1) is 0 Å². The molecule has 0 spiro atoms. The van der Waals surface area contributed by atoms with Crippen molar-refractivity contribution in [2.45, 2.75) is 97.3 Å². The van der Waals surface area contributed by atoms with Crippen molar-refractivity contribution in [1.82, 2.24) is 9.97 Å². The van der Waals surface area contributed by atoms with Crippen molar-refractivity contribution in [3.63, 3.8) is 0 Å². The second-order valence-electron chi connectivity index (χ2n) is 8.84. The molecule has 32 heavy (non-hydrogen) atoms. The molecule has 1 N–H and O–H groups in total. The molecule has 1 aromatic carbocycles. The molecule has 1 heterocycles. The van der Waals surface area contributed by atoms with Gasteiger partial charge >= 0.3 is 5.97 Å². The zero-order valence-corrected chi connectivity index (χ0v) is 20.1. The highest BCUT2D eigenvalue weighted by molar-refractivity contribution is 5.85. The smallest absolute Gasteiger partial charge is 0.328 e. The lowest BCUT2D eigenvalue weighted by atomic mass is 9.90. The van der Waals surface area contributed by atoms with Crippen molar-refractivity contribution in [3.8, 4) is 11.4 Å². The summed E-state index contributed by atoms with van der Waals surface area (Å²) in [5.41, 5.74) is 4.27. The van der Waals surface area contributed by atoms with Gasteiger partial charge in [-0.2, -0.15) is 0 Å². The fraction of sp³-hybridized carbons (Fsp3) is 0.536. The van der Waals surface area contributed by atoms with Crippen molar-refractivity contribution in [2.24, 2.45) is 0 Å². The highest BCUT2D eigenvalue weighted by Crippen LogP contribution is 2.29. The quantitative estimate of drug-likeness (QED) is 0.228. The molecule has 0 fully saturated rings. The topological polar surface area (TPSA) is 63.1 Å². The zero-order valence-electron chi connectivity index (χ0n) is 20.1. The maximum Gasteiger partial charge on any atom is 0.328 e. The van der Waals surface area contributed by atoms with Crippen LogP contribution < -0.4 is 0 Å². The van der Waals surface area contributed by atoms with Gasteiger partial charge in [-0.3, -0.25) is 0 Å². The summed E-state index contributed by atoms with van der Waals surface area (Å²) in [6, 6.07) is 6.08. The lowest BCUT2D eigenvalue weighted by Crippen LogP contribution is -1.99. The Morgan fingerprint density at radius 2 is 1.62 bits per heavy atom. The minimum absolute atomic E-state index is 0.342. The molecule has 0 amide bonds. The average Bonchev–Trinajstić information content (AvgIpc) is 2.80. The van der Waals surface area contributed by atoms with Crippen LogP contribution in [0.25, 0.3) is 17.5 Å². The number of hydrogen-bond donors (Lipinski definition) is 1. The van der Waals surface area contributed by atoms with E-state index in [1.165, 1.54) is 63.0 Å². The second-order valence-corrected chi connectivity index (χ2v) is 8.84. The van der Waals surface area contributed by atoms with Crippen LogP contribution in [0.15, 0.2) is 36.7 Å². The van der Waals surface area contributed by atoms with Gasteiger partial charge in [0.05, 0.1) is 0 Å². The Morgan fingerprint density at radius 1 is 0.969 bits per heavy atom. The van der Waals surface area contributed by atoms with Crippen molar-refractivity contribution in [1.29, 1.82) is 0 Å². The third-order valence-electron chi connectivity index (χ3n) is 6.03. The Bertz CT molecular complexity index is 843. The van der Waals surface area contributed by atoms with Crippen molar-refractivity contribution in [3.05, 3.63) is 53.4 Å². The molecule has 0 saturated carbocycles. The first-order chi connectivity index (χ1) is 15.5. The van der Waals surface area contributed by atoms with Crippen LogP contribution in [0.2, 0.25) is 0 Å². The van der Waals surface area contributed by atoms with Gasteiger partial charge in [-0.25, -0.2) is 14.8 Å². The van der Waals surface area contributed by atoms with E-state index < -0.39 is 5.97 Å². The highest BCUT2D eigenvalue weighted by atomic mass is 16.4. The summed E-state index contributed by atoms with van der Waals surface area (Å²) < 4.78 is 0. The van der Waals surface area contributed by atoms with Crippen LogP contribution >= 0.6 is 0 Å². The van der Waals surface area contributed by atoms with Crippen LogP contribution in [0.4, 0.5) is 0 Å². The largest absolute Gasteiger partial charge is 0.478 e. The van der Waals surface area contributed by atoms with Crippen LogP contribution in [0.3, 0.4) is 0 Å². The molecule has 4 heteroatoms. The predicted molar refractivity (Wildman–Crippen MR) is 134 cm³/mol. The normalized spacial score (nSPS) is 12.3. The van der Waals surface area contributed by atoms with Gasteiger partial charge in [0.2, 0.25) is 0 Å². The van der Waals surface area contributed by atoms with Crippen LogP contribution in [0.1, 0.15) is 108 Å². The maximum absolute atomic E-state index is 11.0. The van der Waals surface area contributed by atoms with E-state index in [1.807, 2.05) is 24.5 Å². The van der Waals surface area contributed by atoms with Gasteiger partial charge in [0.25, 0.3) is 0 Å². The number of carboxylic acids is 1. The maximum atomic E-state index is 11.0. The zero-order chi connectivity index (χ0) is 23.2. The van der Waals surface area contributed by atoms with Crippen molar-refractivity contribution in [2.75, 3.05) is 0 Å². The molecule has 0 aliphatic carbocycles. The number of carbonyl (C=O) groups is 1. The van der Waals surface area contributed by atoms with E-state index in [1.54, 1.807) is 6.08 Å². The first-order valence-corrected chi connectivity index (χ1v) is 12.4. The van der Waals surface area contributed by atoms with Gasteiger partial charge in [0, 0.05) is 24.0 Å². The summed E-state index contributed by atoms with van der Waals surface area (Å²) in [5.74, 6) is 0.136. The molecule has 174 valence electrons. The molecule has 2 rings (SSSR count). The highest BCUT2D eigenvalue weighted by Gasteiger charge is 2.12. The summed E-state index contributed by atoms with van der Waals surface area (Å²) in [7, 11) is 0. The summed E-state index contributed by atoms with van der Waals surface area (Å²) in [6.07, 6.45) is 20.5. The van der Waals surface area contributed by atoms with Gasteiger partial charge < -0.3 is 5.11 Å². The van der Waals surface area contributed by atoms with Gasteiger partial charge in [0.15, 0.2) is 5.82 Å². The molecule has 4 nitrogen and oxygen atoms in total. The molecule has 1 aromatic heterocycles. The van der Waals surface area contributed by atoms with Gasteiger partial charge in [-0.1, -0.05) is 84.3 Å². The monoisotopic (exact) mass is 436 g/mol. The predicted octanol–water partition coefficient (Wildman–Crippen LogP) is 7.83. The number of benzene rings is 1. The van der Waals surface area contributed by atoms with Gasteiger partial charge in [-0.15, -0.1) is 0 Å². The number of unbranched alkanes of at least 4 members (excludes halogenated alkanes) is 7. The number of rotatable bonds is 15. The van der Waals surface area contributed by atoms with E-state index >= 15 is 0 Å². The van der Waals surface area contributed by atoms with Gasteiger partial charge in [0.1, 0.15) is 0 Å². The number of carboxylic acid groups (broad SMARTS) is 1. The summed E-state index contributed by atoms with van der Waals surface area (Å²) in [6.45, 7) is 6.62. The van der Waals surface area contributed by atoms with E-state index in [0.29, 0.717) is 5.92 Å². The number of hydrogen-bond acceptors (Lipinski definition) is 3. The third kappa shape index (κ3) is 8.94. The number of nitrogens with zero attached hydrogens (tertiary/aromatic N) is 2. The number of aliphatic carboxylic acids is 1. The Morgan fingerprint density at radius 3 is 2.25 bits per heavy atom. The molecule has 1 unspecified atom stereocenters. The standard InChI is InChI=1S/C28H40N2O2/c1-4-6-7-8-9-10-11-12-14-23-20-29-28(30-21-23)25-16-15-24(17-18-27(31)32)26(19-25)22(3)13-5-2/h15-22H,4-14H2,1-3H3,(H,31,32)/b18-17+. The average molecular weight is 437 g/mol. The van der Waals surface area contributed by atoms with Crippen LogP contribution in [0.5, 0.6) is 0 Å². The Balaban J connectivity index is 1.99. The van der Waals surface area contributed by atoms with E-state index in [9.17, 15) is 4.79 Å². The molecule has 2 aromatic rings. The minimum atomic E-state index is -0.932. The first kappa shape index (κ1) is 25.8. The summed E-state index contributed by atoms with van der Waals surface area (Å²) >= 11 is 0. The van der Waals surface area contributed by atoms with Crippen molar-refractivity contribution < 1.29 is 9.90 Å². The first-order valence-electron chi connectivity index (χ1n) is 12.4. The molecule has 0 aliphatic rings. The fourth-order valence-electron chi connectivity index (χ4n) is 4.14. The summed E-state index contributed by atoms with van der Waals surface area (Å²) in [5, 5.41) is 8.99. The summed E-state index contributed by atoms with van der Waals surface area (Å²) in [4.78, 5) is 20.2. The molecule has 0 aliphatic heterocycles. The lowest BCUT2D eigenvalue weighted by Gasteiger charge is -2.15. The molecular weight excluding hydrogens is 396 g/mol. The SMILES string of the molecule is CCCCCCCCCCc1cnc(-c2ccc(/C=C/C(=O)O)c(C(C)CCC)c2)nc1. The Kier molecular flexibility index (Phi) is 11.7. The Labute approximate surface area is 194 Å². The number of aromatic nitrogens is 2. The molecular formula is C28H40N2O2. The van der Waals surface area contributed by atoms with Gasteiger partial charge in [-0.05, 0) is 54.0 Å². The molecule has 0 radical (unpaired) electrons. The van der Waals surface area contributed by atoms with Crippen LogP contribution in [-0.2, 0) is 11.2 Å². The van der Waals surface area contributed by atoms with E-state index in [4.69, 9.17) is 5.11 Å². The molecule has 0 bridgehead atoms. The second kappa shape index (κ2) is 14.5. The Hall–Kier alpha value is -2.49. The van der Waals surface area contributed by atoms with Crippen LogP contribution in [-0.4, -0.2) is 21.0 Å².